The molecule has 0 amide bonds. The van der Waals surface area contributed by atoms with E-state index in [4.69, 9.17) is 15.2 Å². The van der Waals surface area contributed by atoms with Gasteiger partial charge in [-0.15, -0.1) is 0 Å². The van der Waals surface area contributed by atoms with E-state index in [0.29, 0.717) is 6.61 Å². The highest BCUT2D eigenvalue weighted by molar-refractivity contribution is 5.81. The monoisotopic (exact) mass is 291 g/mol. The van der Waals surface area contributed by atoms with Crippen molar-refractivity contribution in [2.24, 2.45) is 11.7 Å². The summed E-state index contributed by atoms with van der Waals surface area (Å²) in [6.45, 7) is 4.46. The van der Waals surface area contributed by atoms with E-state index in [1.54, 1.807) is 6.92 Å². The second-order valence-corrected chi connectivity index (χ2v) is 5.72. The van der Waals surface area contributed by atoms with Crippen molar-refractivity contribution in [3.8, 4) is 5.75 Å². The highest BCUT2D eigenvalue weighted by atomic mass is 16.5. The topological polar surface area (TPSA) is 61.5 Å². The number of rotatable bonds is 8. The zero-order valence-corrected chi connectivity index (χ0v) is 12.9. The van der Waals surface area contributed by atoms with Crippen LogP contribution in [0.2, 0.25) is 0 Å². The fourth-order valence-corrected chi connectivity index (χ4v) is 2.45. The van der Waals surface area contributed by atoms with Crippen LogP contribution in [0.15, 0.2) is 24.3 Å². The lowest BCUT2D eigenvalue weighted by molar-refractivity contribution is -0.151. The van der Waals surface area contributed by atoms with E-state index >= 15 is 0 Å². The lowest BCUT2D eigenvalue weighted by Crippen LogP contribution is -2.55. The molecule has 1 fully saturated rings. The smallest absolute Gasteiger partial charge is 0.329 e. The highest BCUT2D eigenvalue weighted by Gasteiger charge is 2.50. The number of hydrogen-bond acceptors (Lipinski definition) is 4. The molecule has 4 heteroatoms. The minimum atomic E-state index is -1.02. The molecule has 0 aliphatic heterocycles. The first kappa shape index (κ1) is 15.8. The van der Waals surface area contributed by atoms with Crippen LogP contribution in [0.4, 0.5) is 0 Å². The summed E-state index contributed by atoms with van der Waals surface area (Å²) in [5.74, 6) is 0.570. The summed E-state index contributed by atoms with van der Waals surface area (Å²) in [7, 11) is 0. The third-order valence-corrected chi connectivity index (χ3v) is 3.90. The van der Waals surface area contributed by atoms with Gasteiger partial charge in [0.15, 0.2) is 5.54 Å². The number of benzene rings is 1. The van der Waals surface area contributed by atoms with Gasteiger partial charge in [0.25, 0.3) is 0 Å². The first-order chi connectivity index (χ1) is 10.1. The van der Waals surface area contributed by atoms with Gasteiger partial charge < -0.3 is 15.2 Å². The zero-order valence-electron chi connectivity index (χ0n) is 12.9. The first-order valence-electron chi connectivity index (χ1n) is 7.78. The molecule has 1 atom stereocenters. The van der Waals surface area contributed by atoms with Crippen LogP contribution < -0.4 is 10.5 Å². The Labute approximate surface area is 126 Å². The molecule has 1 unspecified atom stereocenters. The van der Waals surface area contributed by atoms with Gasteiger partial charge in [-0.25, -0.2) is 4.79 Å². The van der Waals surface area contributed by atoms with Gasteiger partial charge in [0.1, 0.15) is 12.4 Å². The maximum Gasteiger partial charge on any atom is 0.329 e. The van der Waals surface area contributed by atoms with Crippen LogP contribution in [0, 0.1) is 5.92 Å². The van der Waals surface area contributed by atoms with Gasteiger partial charge in [-0.3, -0.25) is 0 Å². The van der Waals surface area contributed by atoms with Gasteiger partial charge in [-0.2, -0.15) is 0 Å². The molecule has 116 valence electrons. The van der Waals surface area contributed by atoms with Crippen LogP contribution in [0.3, 0.4) is 0 Å². The number of carbonyl (C=O) groups excluding carboxylic acids is 1. The number of carbonyl (C=O) groups is 1. The third kappa shape index (κ3) is 3.97. The molecular formula is C17H25NO3. The summed E-state index contributed by atoms with van der Waals surface area (Å²) in [6.07, 6.45) is 4.12. The summed E-state index contributed by atoms with van der Waals surface area (Å²) < 4.78 is 10.9. The standard InChI is InChI=1S/C17H25NO3/c1-3-5-13-6-10-15(11-7-13)21-12-17(18,14-8-9-14)16(19)20-4-2/h6-7,10-11,14H,3-5,8-9,12,18H2,1-2H3. The van der Waals surface area contributed by atoms with Gasteiger partial charge >= 0.3 is 5.97 Å². The quantitative estimate of drug-likeness (QED) is 0.748. The highest BCUT2D eigenvalue weighted by Crippen LogP contribution is 2.39. The molecule has 0 heterocycles. The predicted octanol–water partition coefficient (Wildman–Crippen LogP) is 2.69. The van der Waals surface area contributed by atoms with Crippen molar-refractivity contribution in [3.05, 3.63) is 29.8 Å². The third-order valence-electron chi connectivity index (χ3n) is 3.90. The van der Waals surface area contributed by atoms with Gasteiger partial charge in [-0.1, -0.05) is 25.5 Å². The average Bonchev–Trinajstić information content (AvgIpc) is 3.32. The van der Waals surface area contributed by atoms with Crippen LogP contribution >= 0.6 is 0 Å². The van der Waals surface area contributed by atoms with E-state index in [-0.39, 0.29) is 18.5 Å². The van der Waals surface area contributed by atoms with E-state index in [0.717, 1.165) is 31.4 Å². The van der Waals surface area contributed by atoms with Gasteiger partial charge in [-0.05, 0) is 49.8 Å². The molecule has 0 radical (unpaired) electrons. The maximum atomic E-state index is 12.1. The summed E-state index contributed by atoms with van der Waals surface area (Å²) in [6, 6.07) is 7.98. The Morgan fingerprint density at radius 1 is 1.29 bits per heavy atom. The first-order valence-corrected chi connectivity index (χ1v) is 7.78. The second-order valence-electron chi connectivity index (χ2n) is 5.72. The van der Waals surface area contributed by atoms with Crippen molar-refractivity contribution in [2.75, 3.05) is 13.2 Å². The van der Waals surface area contributed by atoms with Crippen molar-refractivity contribution < 1.29 is 14.3 Å². The zero-order chi connectivity index (χ0) is 15.3. The minimum Gasteiger partial charge on any atom is -0.491 e. The molecule has 21 heavy (non-hydrogen) atoms. The molecule has 0 saturated heterocycles. The van der Waals surface area contributed by atoms with Crippen LogP contribution in [0.1, 0.15) is 38.7 Å². The molecule has 4 nitrogen and oxygen atoms in total. The number of ether oxygens (including phenoxy) is 2. The Bertz CT molecular complexity index is 467. The van der Waals surface area contributed by atoms with E-state index < -0.39 is 5.54 Å². The molecule has 0 bridgehead atoms. The van der Waals surface area contributed by atoms with Crippen molar-refractivity contribution in [3.63, 3.8) is 0 Å². The van der Waals surface area contributed by atoms with E-state index in [2.05, 4.69) is 19.1 Å². The Morgan fingerprint density at radius 3 is 2.48 bits per heavy atom. The average molecular weight is 291 g/mol. The van der Waals surface area contributed by atoms with Crippen molar-refractivity contribution >= 4 is 5.97 Å². The minimum absolute atomic E-state index is 0.170. The molecule has 0 spiro atoms. The molecule has 1 aromatic rings. The van der Waals surface area contributed by atoms with Crippen molar-refractivity contribution in [1.29, 1.82) is 0 Å². The van der Waals surface area contributed by atoms with Crippen LogP contribution in [0.5, 0.6) is 5.75 Å². The van der Waals surface area contributed by atoms with Gasteiger partial charge in [0.05, 0.1) is 6.61 Å². The second kappa shape index (κ2) is 6.94. The Balaban J connectivity index is 1.96. The number of aryl methyl sites for hydroxylation is 1. The summed E-state index contributed by atoms with van der Waals surface area (Å²) in [5.41, 5.74) is 6.53. The maximum absolute atomic E-state index is 12.1. The summed E-state index contributed by atoms with van der Waals surface area (Å²) in [4.78, 5) is 12.1. The lowest BCUT2D eigenvalue weighted by atomic mass is 9.96. The van der Waals surface area contributed by atoms with Gasteiger partial charge in [0.2, 0.25) is 0 Å². The fraction of sp³-hybridized carbons (Fsp3) is 0.588. The Morgan fingerprint density at radius 2 is 1.95 bits per heavy atom. The molecule has 1 aromatic carbocycles. The van der Waals surface area contributed by atoms with Crippen LogP contribution in [0.25, 0.3) is 0 Å². The molecule has 0 aromatic heterocycles. The van der Waals surface area contributed by atoms with Gasteiger partial charge in [0, 0.05) is 0 Å². The SMILES string of the molecule is CCCc1ccc(OCC(N)(C(=O)OCC)C2CC2)cc1. The van der Waals surface area contributed by atoms with E-state index in [1.165, 1.54) is 5.56 Å². The lowest BCUT2D eigenvalue weighted by Gasteiger charge is -2.27. The molecular weight excluding hydrogens is 266 g/mol. The predicted molar refractivity (Wildman–Crippen MR) is 82.2 cm³/mol. The molecule has 1 aliphatic rings. The van der Waals surface area contributed by atoms with Crippen molar-refractivity contribution in [2.45, 2.75) is 45.1 Å². The number of hydrogen-bond donors (Lipinski definition) is 1. The summed E-state index contributed by atoms with van der Waals surface area (Å²) in [5, 5.41) is 0. The van der Waals surface area contributed by atoms with Crippen LogP contribution in [-0.2, 0) is 16.0 Å². The van der Waals surface area contributed by atoms with E-state index in [9.17, 15) is 4.79 Å². The molecule has 1 saturated carbocycles. The number of nitrogens with two attached hydrogens (primary N) is 1. The fourth-order valence-electron chi connectivity index (χ4n) is 2.45. The normalized spacial score (nSPS) is 17.1. The van der Waals surface area contributed by atoms with Crippen LogP contribution in [-0.4, -0.2) is 24.7 Å². The molecule has 1 aliphatic carbocycles. The summed E-state index contributed by atoms with van der Waals surface area (Å²) >= 11 is 0. The number of esters is 1. The van der Waals surface area contributed by atoms with E-state index in [1.807, 2.05) is 12.1 Å². The Kier molecular flexibility index (Phi) is 5.23. The largest absolute Gasteiger partial charge is 0.491 e. The Hall–Kier alpha value is -1.55. The molecule has 2 rings (SSSR count). The molecule has 2 N–H and O–H groups in total. The van der Waals surface area contributed by atoms with Crippen molar-refractivity contribution in [1.82, 2.24) is 0 Å².